The molecule has 0 amide bonds. The van der Waals surface area contributed by atoms with E-state index < -0.39 is 5.97 Å². The van der Waals surface area contributed by atoms with Crippen molar-refractivity contribution in [2.24, 2.45) is 0 Å². The van der Waals surface area contributed by atoms with Crippen LogP contribution in [0.3, 0.4) is 0 Å². The average Bonchev–Trinajstić information content (AvgIpc) is 1.87. The van der Waals surface area contributed by atoms with Crippen molar-refractivity contribution >= 4 is 54.9 Å². The molecule has 0 atom stereocenters. The summed E-state index contributed by atoms with van der Waals surface area (Å²) in [5, 5.41) is 8.27. The van der Waals surface area contributed by atoms with Crippen LogP contribution in [0.15, 0.2) is 0 Å². The summed E-state index contributed by atoms with van der Waals surface area (Å²) < 4.78 is 0. The Morgan fingerprint density at radius 3 is 2.18 bits per heavy atom. The Labute approximate surface area is 109 Å². The molecule has 0 radical (unpaired) electrons. The van der Waals surface area contributed by atoms with Crippen LogP contribution in [-0.4, -0.2) is 60.0 Å². The summed E-state index contributed by atoms with van der Waals surface area (Å²) in [5.41, 5.74) is 0. The Morgan fingerprint density at radius 2 is 1.73 bits per heavy atom. The molecule has 0 unspecified atom stereocenters. The maximum atomic E-state index is 10.0. The molecule has 2 nitrogen and oxygen atoms in total. The van der Waals surface area contributed by atoms with Crippen LogP contribution in [0.25, 0.3) is 0 Å². The number of carboxylic acids is 1. The van der Waals surface area contributed by atoms with Gasteiger partial charge in [0.2, 0.25) is 0 Å². The van der Waals surface area contributed by atoms with Crippen LogP contribution < -0.4 is 0 Å². The molecular weight excluding hydrogens is 265 g/mol. The maximum absolute atomic E-state index is 10.0. The van der Waals surface area contributed by atoms with Crippen LogP contribution in [0.2, 0.25) is 0 Å². The van der Waals surface area contributed by atoms with Gasteiger partial charge in [-0.2, -0.15) is 0 Å². The van der Waals surface area contributed by atoms with E-state index in [0.717, 1.165) is 12.8 Å². The molecule has 0 saturated carbocycles. The van der Waals surface area contributed by atoms with Crippen LogP contribution in [-0.2, 0) is 4.79 Å². The molecule has 1 N–H and O–H groups in total. The van der Waals surface area contributed by atoms with Gasteiger partial charge in [-0.3, -0.25) is 4.79 Å². The first kappa shape index (κ1) is 14.6. The van der Waals surface area contributed by atoms with E-state index in [1.165, 1.54) is 19.3 Å². The molecule has 0 bridgehead atoms. The first-order chi connectivity index (χ1) is 4.77. The van der Waals surface area contributed by atoms with Crippen LogP contribution in [0, 0.1) is 0 Å². The van der Waals surface area contributed by atoms with E-state index in [4.69, 9.17) is 5.11 Å². The Kier molecular flexibility index (Phi) is 14.6. The Hall–Kier alpha value is 1.04. The van der Waals surface area contributed by atoms with Crippen molar-refractivity contribution in [3.63, 3.8) is 0 Å². The molecule has 3 heteroatoms. The van der Waals surface area contributed by atoms with Gasteiger partial charge in [0, 0.05) is 6.42 Å². The molecular formula is C8H18BaO2. The summed E-state index contributed by atoms with van der Waals surface area (Å²) in [6.45, 7) is 2.15. The van der Waals surface area contributed by atoms with Crippen molar-refractivity contribution in [2.45, 2.75) is 45.4 Å². The molecule has 0 spiro atoms. The number of carboxylic acid groups (broad SMARTS) is 1. The predicted octanol–water partition coefficient (Wildman–Crippen LogP) is 1.52. The van der Waals surface area contributed by atoms with Gasteiger partial charge in [0.25, 0.3) is 0 Å². The first-order valence-corrected chi connectivity index (χ1v) is 3.99. The second-order valence-corrected chi connectivity index (χ2v) is 2.56. The molecule has 0 aromatic heterocycles. The second-order valence-electron chi connectivity index (χ2n) is 2.56. The fraction of sp³-hybridized carbons (Fsp3) is 0.875. The summed E-state index contributed by atoms with van der Waals surface area (Å²) in [5.74, 6) is -0.670. The van der Waals surface area contributed by atoms with Gasteiger partial charge < -0.3 is 5.11 Å². The molecule has 0 aliphatic rings. The molecule has 0 aromatic rings. The second kappa shape index (κ2) is 11.0. The van der Waals surface area contributed by atoms with Crippen molar-refractivity contribution < 1.29 is 9.90 Å². The SMILES string of the molecule is CCCCCCCC(=O)O.[BaH2]. The van der Waals surface area contributed by atoms with E-state index in [9.17, 15) is 4.79 Å². The standard InChI is InChI=1S/C8H16O2.Ba.2H/c1-2-3-4-5-6-7-8(9)10;;;/h2-7H2,1H3,(H,9,10);;;. The van der Waals surface area contributed by atoms with E-state index in [2.05, 4.69) is 6.92 Å². The minimum absolute atomic E-state index is 0. The Bertz CT molecular complexity index is 94.1. The van der Waals surface area contributed by atoms with E-state index in [-0.39, 0.29) is 48.9 Å². The molecule has 0 aliphatic carbocycles. The van der Waals surface area contributed by atoms with Gasteiger partial charge >= 0.3 is 54.9 Å². The summed E-state index contributed by atoms with van der Waals surface area (Å²) in [6.07, 6.45) is 5.88. The summed E-state index contributed by atoms with van der Waals surface area (Å²) in [7, 11) is 0. The zero-order valence-electron chi connectivity index (χ0n) is 6.60. The normalized spacial score (nSPS) is 8.82. The summed E-state index contributed by atoms with van der Waals surface area (Å²) >= 11 is 0. The van der Waals surface area contributed by atoms with Crippen molar-refractivity contribution in [3.8, 4) is 0 Å². The third-order valence-electron chi connectivity index (χ3n) is 1.49. The first-order valence-electron chi connectivity index (χ1n) is 3.99. The number of carbonyl (C=O) groups is 1. The van der Waals surface area contributed by atoms with E-state index in [0.29, 0.717) is 6.42 Å². The zero-order chi connectivity index (χ0) is 7.82. The molecule has 0 saturated heterocycles. The number of hydrogen-bond acceptors (Lipinski definition) is 1. The topological polar surface area (TPSA) is 37.3 Å². The van der Waals surface area contributed by atoms with Crippen molar-refractivity contribution in [3.05, 3.63) is 0 Å². The summed E-state index contributed by atoms with van der Waals surface area (Å²) in [6, 6.07) is 0. The van der Waals surface area contributed by atoms with Crippen LogP contribution >= 0.6 is 0 Å². The van der Waals surface area contributed by atoms with Crippen LogP contribution in [0.4, 0.5) is 0 Å². The van der Waals surface area contributed by atoms with Gasteiger partial charge in [-0.05, 0) is 6.42 Å². The fourth-order valence-electron chi connectivity index (χ4n) is 0.880. The van der Waals surface area contributed by atoms with Gasteiger partial charge in [0.05, 0.1) is 0 Å². The van der Waals surface area contributed by atoms with Gasteiger partial charge in [-0.25, -0.2) is 0 Å². The molecule has 64 valence electrons. The fourth-order valence-corrected chi connectivity index (χ4v) is 0.880. The predicted molar refractivity (Wildman–Crippen MR) is 49.6 cm³/mol. The van der Waals surface area contributed by atoms with E-state index in [1.807, 2.05) is 0 Å². The van der Waals surface area contributed by atoms with Gasteiger partial charge in [-0.1, -0.05) is 32.6 Å². The number of rotatable bonds is 6. The van der Waals surface area contributed by atoms with Crippen molar-refractivity contribution in [1.29, 1.82) is 0 Å². The van der Waals surface area contributed by atoms with E-state index in [1.54, 1.807) is 0 Å². The number of unbranched alkanes of at least 4 members (excludes halogenated alkanes) is 4. The van der Waals surface area contributed by atoms with E-state index >= 15 is 0 Å². The number of hydrogen-bond donors (Lipinski definition) is 1. The molecule has 0 fully saturated rings. The molecule has 0 heterocycles. The zero-order valence-corrected chi connectivity index (χ0v) is 6.60. The molecule has 11 heavy (non-hydrogen) atoms. The minimum atomic E-state index is -0.670. The third kappa shape index (κ3) is 14.0. The van der Waals surface area contributed by atoms with Crippen LogP contribution in [0.1, 0.15) is 45.4 Å². The quantitative estimate of drug-likeness (QED) is 0.593. The van der Waals surface area contributed by atoms with Crippen molar-refractivity contribution in [1.82, 2.24) is 0 Å². The molecule has 0 aromatic carbocycles. The number of aliphatic carboxylic acids is 1. The Morgan fingerprint density at radius 1 is 1.18 bits per heavy atom. The summed E-state index contributed by atoms with van der Waals surface area (Å²) in [4.78, 5) is 10.0. The third-order valence-corrected chi connectivity index (χ3v) is 1.49. The van der Waals surface area contributed by atoms with Gasteiger partial charge in [0.15, 0.2) is 0 Å². The molecule has 0 aliphatic heterocycles. The van der Waals surface area contributed by atoms with Gasteiger partial charge in [0.1, 0.15) is 0 Å². The average molecular weight is 284 g/mol. The van der Waals surface area contributed by atoms with Crippen molar-refractivity contribution in [2.75, 3.05) is 0 Å². The molecule has 0 rings (SSSR count). The van der Waals surface area contributed by atoms with Crippen LogP contribution in [0.5, 0.6) is 0 Å². The van der Waals surface area contributed by atoms with Gasteiger partial charge in [-0.15, -0.1) is 0 Å². The Balaban J connectivity index is 0. The monoisotopic (exact) mass is 284 g/mol.